The zero-order valence-corrected chi connectivity index (χ0v) is 12.1. The second-order valence-corrected chi connectivity index (χ2v) is 5.04. The van der Waals surface area contributed by atoms with Gasteiger partial charge in [-0.05, 0) is 43.7 Å². The second-order valence-electron chi connectivity index (χ2n) is 4.61. The third-order valence-electron chi connectivity index (χ3n) is 3.01. The van der Waals surface area contributed by atoms with Gasteiger partial charge >= 0.3 is 0 Å². The summed E-state index contributed by atoms with van der Waals surface area (Å²) in [4.78, 5) is 12.3. The third kappa shape index (κ3) is 3.10. The van der Waals surface area contributed by atoms with Gasteiger partial charge in [-0.3, -0.25) is 10.6 Å². The average Bonchev–Trinajstić information content (AvgIpc) is 2.41. The maximum Gasteiger partial charge on any atom is 0.257 e. The van der Waals surface area contributed by atoms with Gasteiger partial charge in [-0.1, -0.05) is 29.3 Å². The zero-order chi connectivity index (χ0) is 14.7. The van der Waals surface area contributed by atoms with E-state index in [2.05, 4.69) is 10.7 Å². The number of carbonyl (C=O) groups excluding carboxylic acids is 1. The monoisotopic (exact) mass is 289 g/mol. The van der Waals surface area contributed by atoms with Crippen LogP contribution in [-0.4, -0.2) is 5.91 Å². The molecular formula is C15H16ClN3O. The van der Waals surface area contributed by atoms with Gasteiger partial charge in [-0.15, -0.1) is 0 Å². The van der Waals surface area contributed by atoms with E-state index in [1.165, 1.54) is 0 Å². The molecule has 0 heterocycles. The number of hydrogen-bond acceptors (Lipinski definition) is 3. The predicted octanol–water partition coefficient (Wildman–Crippen LogP) is 3.49. The molecule has 0 spiro atoms. The molecule has 0 aliphatic heterocycles. The molecule has 0 radical (unpaired) electrons. The van der Waals surface area contributed by atoms with Gasteiger partial charge in [0.05, 0.1) is 11.3 Å². The van der Waals surface area contributed by atoms with Gasteiger partial charge in [0.15, 0.2) is 0 Å². The number of nitrogens with two attached hydrogens (primary N) is 1. The minimum atomic E-state index is -0.257. The average molecular weight is 290 g/mol. The van der Waals surface area contributed by atoms with Gasteiger partial charge in [-0.2, -0.15) is 0 Å². The fraction of sp³-hybridized carbons (Fsp3) is 0.133. The van der Waals surface area contributed by atoms with E-state index in [4.69, 9.17) is 17.4 Å². The Kier molecular flexibility index (Phi) is 4.27. The minimum absolute atomic E-state index is 0.257. The molecule has 0 unspecified atom stereocenters. The molecule has 0 atom stereocenters. The Morgan fingerprint density at radius 3 is 2.45 bits per heavy atom. The lowest BCUT2D eigenvalue weighted by molar-refractivity contribution is 0.102. The van der Waals surface area contributed by atoms with Crippen LogP contribution in [0.2, 0.25) is 5.02 Å². The Labute approximate surface area is 122 Å². The van der Waals surface area contributed by atoms with Crippen molar-refractivity contribution >= 4 is 28.9 Å². The van der Waals surface area contributed by atoms with E-state index in [9.17, 15) is 4.79 Å². The summed E-state index contributed by atoms with van der Waals surface area (Å²) in [6.07, 6.45) is 0. The first-order chi connectivity index (χ1) is 9.51. The lowest BCUT2D eigenvalue weighted by Gasteiger charge is -2.12. The number of anilines is 2. The van der Waals surface area contributed by atoms with E-state index in [1.807, 2.05) is 32.0 Å². The molecule has 4 N–H and O–H groups in total. The van der Waals surface area contributed by atoms with Crippen LogP contribution in [-0.2, 0) is 0 Å². The number of benzene rings is 2. The van der Waals surface area contributed by atoms with Gasteiger partial charge in [0.1, 0.15) is 0 Å². The van der Waals surface area contributed by atoms with Crippen LogP contribution in [0.3, 0.4) is 0 Å². The number of nitrogen functional groups attached to an aromatic ring is 1. The molecule has 5 heteroatoms. The Hall–Kier alpha value is -2.04. The summed E-state index contributed by atoms with van der Waals surface area (Å²) in [6.45, 7) is 3.95. The van der Waals surface area contributed by atoms with Crippen molar-refractivity contribution in [3.05, 3.63) is 58.1 Å². The number of rotatable bonds is 3. The Bertz CT molecular complexity index is 656. The van der Waals surface area contributed by atoms with Crippen molar-refractivity contribution in [2.45, 2.75) is 13.8 Å². The Morgan fingerprint density at radius 1 is 1.10 bits per heavy atom. The highest BCUT2D eigenvalue weighted by molar-refractivity contribution is 6.31. The fourth-order valence-corrected chi connectivity index (χ4v) is 2.15. The molecule has 0 fully saturated rings. The molecule has 104 valence electrons. The highest BCUT2D eigenvalue weighted by Gasteiger charge is 2.13. The van der Waals surface area contributed by atoms with Crippen molar-refractivity contribution in [2.24, 2.45) is 5.84 Å². The molecular weight excluding hydrogens is 274 g/mol. The molecule has 0 aliphatic rings. The first kappa shape index (κ1) is 14.4. The standard InChI is InChI=1S/C15H16ClN3O/c1-9-3-5-13(10(2)7-9)18-15(20)12-8-11(16)4-6-14(12)19-17/h3-8,19H,17H2,1-2H3,(H,18,20). The van der Waals surface area contributed by atoms with Crippen molar-refractivity contribution in [2.75, 3.05) is 10.7 Å². The molecule has 0 saturated heterocycles. The maximum absolute atomic E-state index is 12.3. The summed E-state index contributed by atoms with van der Waals surface area (Å²) in [5.41, 5.74) is 6.34. The summed E-state index contributed by atoms with van der Waals surface area (Å²) in [7, 11) is 0. The zero-order valence-electron chi connectivity index (χ0n) is 11.3. The molecule has 1 amide bonds. The van der Waals surface area contributed by atoms with Crippen LogP contribution in [0.5, 0.6) is 0 Å². The quantitative estimate of drug-likeness (QED) is 0.598. The molecule has 0 saturated carbocycles. The van der Waals surface area contributed by atoms with Crippen LogP contribution in [0, 0.1) is 13.8 Å². The molecule has 2 rings (SSSR count). The van der Waals surface area contributed by atoms with Gasteiger partial charge in [0.2, 0.25) is 0 Å². The van der Waals surface area contributed by atoms with E-state index in [0.717, 1.165) is 16.8 Å². The molecule has 2 aromatic carbocycles. The summed E-state index contributed by atoms with van der Waals surface area (Å²) in [6, 6.07) is 10.8. The molecule has 0 bridgehead atoms. The molecule has 20 heavy (non-hydrogen) atoms. The normalized spacial score (nSPS) is 10.2. The Balaban J connectivity index is 2.30. The Morgan fingerprint density at radius 2 is 1.80 bits per heavy atom. The van der Waals surface area contributed by atoms with Crippen molar-refractivity contribution in [1.82, 2.24) is 0 Å². The third-order valence-corrected chi connectivity index (χ3v) is 3.25. The van der Waals surface area contributed by atoms with Gasteiger partial charge in [0.25, 0.3) is 5.91 Å². The molecule has 2 aromatic rings. The number of carbonyl (C=O) groups is 1. The molecule has 0 aromatic heterocycles. The van der Waals surface area contributed by atoms with Crippen molar-refractivity contribution in [1.29, 1.82) is 0 Å². The highest BCUT2D eigenvalue weighted by atomic mass is 35.5. The van der Waals surface area contributed by atoms with Crippen LogP contribution in [0.1, 0.15) is 21.5 Å². The first-order valence-electron chi connectivity index (χ1n) is 6.16. The van der Waals surface area contributed by atoms with Gasteiger partial charge < -0.3 is 10.7 Å². The van der Waals surface area contributed by atoms with Crippen molar-refractivity contribution < 1.29 is 4.79 Å². The van der Waals surface area contributed by atoms with Gasteiger partial charge in [-0.25, -0.2) is 0 Å². The largest absolute Gasteiger partial charge is 0.323 e. The minimum Gasteiger partial charge on any atom is -0.323 e. The smallest absolute Gasteiger partial charge is 0.257 e. The van der Waals surface area contributed by atoms with E-state index in [0.29, 0.717) is 16.3 Å². The van der Waals surface area contributed by atoms with Crippen LogP contribution in [0.4, 0.5) is 11.4 Å². The lowest BCUT2D eigenvalue weighted by atomic mass is 10.1. The topological polar surface area (TPSA) is 67.2 Å². The summed E-state index contributed by atoms with van der Waals surface area (Å²) >= 11 is 5.92. The lowest BCUT2D eigenvalue weighted by Crippen LogP contribution is -2.17. The summed E-state index contributed by atoms with van der Waals surface area (Å²) in [5, 5.41) is 3.34. The fourth-order valence-electron chi connectivity index (χ4n) is 1.97. The number of halogens is 1. The first-order valence-corrected chi connectivity index (χ1v) is 6.54. The van der Waals surface area contributed by atoms with Crippen molar-refractivity contribution in [3.63, 3.8) is 0 Å². The second kappa shape index (κ2) is 5.94. The van der Waals surface area contributed by atoms with Gasteiger partial charge in [0, 0.05) is 10.7 Å². The van der Waals surface area contributed by atoms with E-state index < -0.39 is 0 Å². The number of hydrazine groups is 1. The van der Waals surface area contributed by atoms with E-state index in [-0.39, 0.29) is 5.91 Å². The van der Waals surface area contributed by atoms with Crippen LogP contribution in [0.15, 0.2) is 36.4 Å². The number of hydrogen-bond donors (Lipinski definition) is 3. The molecule has 4 nitrogen and oxygen atoms in total. The van der Waals surface area contributed by atoms with Crippen LogP contribution < -0.4 is 16.6 Å². The highest BCUT2D eigenvalue weighted by Crippen LogP contribution is 2.22. The SMILES string of the molecule is Cc1ccc(NC(=O)c2cc(Cl)ccc2NN)c(C)c1. The summed E-state index contributed by atoms with van der Waals surface area (Å²) in [5.74, 6) is 5.15. The number of nitrogens with one attached hydrogen (secondary N) is 2. The number of aryl methyl sites for hydroxylation is 2. The van der Waals surface area contributed by atoms with Crippen LogP contribution in [0.25, 0.3) is 0 Å². The maximum atomic E-state index is 12.3. The predicted molar refractivity (Wildman–Crippen MR) is 83.1 cm³/mol. The number of amides is 1. The summed E-state index contributed by atoms with van der Waals surface area (Å²) < 4.78 is 0. The molecule has 0 aliphatic carbocycles. The van der Waals surface area contributed by atoms with Crippen LogP contribution >= 0.6 is 11.6 Å². The van der Waals surface area contributed by atoms with Crippen molar-refractivity contribution in [3.8, 4) is 0 Å². The van der Waals surface area contributed by atoms with E-state index >= 15 is 0 Å². The van der Waals surface area contributed by atoms with E-state index in [1.54, 1.807) is 18.2 Å².